The smallest absolute Gasteiger partial charge is 0.307 e. The third-order valence-electron chi connectivity index (χ3n) is 2.89. The van der Waals surface area contributed by atoms with Crippen molar-refractivity contribution in [3.63, 3.8) is 0 Å². The molecule has 4 nitrogen and oxygen atoms in total. The largest absolute Gasteiger partial charge is 0.497 e. The van der Waals surface area contributed by atoms with Crippen molar-refractivity contribution in [3.8, 4) is 5.75 Å². The number of ether oxygens (including phenoxy) is 1. The Bertz CT molecular complexity index is 522. The van der Waals surface area contributed by atoms with Crippen molar-refractivity contribution < 1.29 is 14.6 Å². The minimum Gasteiger partial charge on any atom is -0.497 e. The highest BCUT2D eigenvalue weighted by Gasteiger charge is 2.19. The lowest BCUT2D eigenvalue weighted by molar-refractivity contribution is -0.141. The van der Waals surface area contributed by atoms with Crippen molar-refractivity contribution in [2.24, 2.45) is 5.92 Å². The molecule has 1 aromatic heterocycles. The summed E-state index contributed by atoms with van der Waals surface area (Å²) in [5.74, 6) is -0.457. The van der Waals surface area contributed by atoms with Gasteiger partial charge in [-0.25, -0.2) is 4.98 Å². The first kappa shape index (κ1) is 13.5. The van der Waals surface area contributed by atoms with Crippen LogP contribution >= 0.6 is 11.3 Å². The summed E-state index contributed by atoms with van der Waals surface area (Å²) in [6, 6.07) is 7.49. The van der Waals surface area contributed by atoms with Crippen LogP contribution in [0.2, 0.25) is 0 Å². The van der Waals surface area contributed by atoms with E-state index in [1.54, 1.807) is 13.3 Å². The molecule has 0 radical (unpaired) electrons. The summed E-state index contributed by atoms with van der Waals surface area (Å²) < 4.78 is 5.08. The van der Waals surface area contributed by atoms with Gasteiger partial charge in [-0.2, -0.15) is 0 Å². The van der Waals surface area contributed by atoms with Crippen LogP contribution in [0, 0.1) is 5.92 Å². The van der Waals surface area contributed by atoms with Crippen LogP contribution in [0.15, 0.2) is 35.8 Å². The quantitative estimate of drug-likeness (QED) is 0.881. The number of hydrogen-bond donors (Lipinski definition) is 1. The number of carboxylic acid groups (broad SMARTS) is 1. The van der Waals surface area contributed by atoms with Gasteiger partial charge < -0.3 is 9.84 Å². The Kier molecular flexibility index (Phi) is 4.52. The van der Waals surface area contributed by atoms with E-state index in [1.165, 1.54) is 11.3 Å². The van der Waals surface area contributed by atoms with E-state index in [1.807, 2.05) is 29.6 Å². The molecule has 0 amide bonds. The molecule has 0 aliphatic heterocycles. The molecule has 2 aromatic rings. The molecule has 2 rings (SSSR count). The van der Waals surface area contributed by atoms with Crippen LogP contribution in [0.5, 0.6) is 5.75 Å². The Hall–Kier alpha value is -1.88. The first-order chi connectivity index (χ1) is 9.19. The van der Waals surface area contributed by atoms with E-state index in [0.717, 1.165) is 16.3 Å². The van der Waals surface area contributed by atoms with Gasteiger partial charge in [-0.1, -0.05) is 12.1 Å². The zero-order valence-electron chi connectivity index (χ0n) is 10.6. The van der Waals surface area contributed by atoms with E-state index in [-0.39, 0.29) is 0 Å². The maximum Gasteiger partial charge on any atom is 0.307 e. The normalized spacial score (nSPS) is 12.1. The molecule has 1 unspecified atom stereocenters. The van der Waals surface area contributed by atoms with Crippen molar-refractivity contribution >= 4 is 17.3 Å². The van der Waals surface area contributed by atoms with Crippen LogP contribution in [0.3, 0.4) is 0 Å². The summed E-state index contributed by atoms with van der Waals surface area (Å²) in [6.07, 6.45) is 2.67. The van der Waals surface area contributed by atoms with Crippen LogP contribution in [0.25, 0.3) is 0 Å². The van der Waals surface area contributed by atoms with Crippen LogP contribution in [0.1, 0.15) is 10.6 Å². The van der Waals surface area contributed by atoms with Crippen LogP contribution in [-0.2, 0) is 17.6 Å². The van der Waals surface area contributed by atoms with Gasteiger partial charge in [0.2, 0.25) is 0 Å². The molecule has 0 fully saturated rings. The zero-order valence-corrected chi connectivity index (χ0v) is 11.4. The minimum absolute atomic E-state index is 0.445. The molecule has 0 bridgehead atoms. The Balaban J connectivity index is 2.05. The molecule has 1 aromatic carbocycles. The second-order valence-corrected chi connectivity index (χ2v) is 5.20. The maximum absolute atomic E-state index is 11.3. The second-order valence-electron chi connectivity index (χ2n) is 4.22. The second kappa shape index (κ2) is 6.33. The minimum atomic E-state index is -0.786. The average molecular weight is 277 g/mol. The molecule has 0 spiro atoms. The van der Waals surface area contributed by atoms with Gasteiger partial charge in [-0.3, -0.25) is 4.79 Å². The van der Waals surface area contributed by atoms with Gasteiger partial charge >= 0.3 is 5.97 Å². The number of carbonyl (C=O) groups is 1. The van der Waals surface area contributed by atoms with E-state index >= 15 is 0 Å². The van der Waals surface area contributed by atoms with E-state index < -0.39 is 11.9 Å². The molecule has 19 heavy (non-hydrogen) atoms. The predicted molar refractivity (Wildman–Crippen MR) is 73.6 cm³/mol. The summed E-state index contributed by atoms with van der Waals surface area (Å²) in [7, 11) is 1.61. The lowest BCUT2D eigenvalue weighted by Crippen LogP contribution is -2.19. The fraction of sp³-hybridized carbons (Fsp3) is 0.286. The molecule has 1 N–H and O–H groups in total. The Morgan fingerprint density at radius 2 is 2.11 bits per heavy atom. The summed E-state index contributed by atoms with van der Waals surface area (Å²) in [5, 5.41) is 12.0. The molecule has 0 aliphatic carbocycles. The number of thiazole rings is 1. The van der Waals surface area contributed by atoms with E-state index in [4.69, 9.17) is 4.74 Å². The third-order valence-corrected chi connectivity index (χ3v) is 3.70. The van der Waals surface area contributed by atoms with Gasteiger partial charge in [0.15, 0.2) is 0 Å². The van der Waals surface area contributed by atoms with E-state index in [0.29, 0.717) is 12.8 Å². The molecule has 5 heteroatoms. The van der Waals surface area contributed by atoms with Crippen LogP contribution < -0.4 is 4.74 Å². The number of carboxylic acids is 1. The summed E-state index contributed by atoms with van der Waals surface area (Å²) in [6.45, 7) is 0. The van der Waals surface area contributed by atoms with Gasteiger partial charge in [0.1, 0.15) is 5.75 Å². The Morgan fingerprint density at radius 1 is 1.37 bits per heavy atom. The van der Waals surface area contributed by atoms with Gasteiger partial charge in [0.05, 0.1) is 18.0 Å². The van der Waals surface area contributed by atoms with Crippen molar-refractivity contribution in [1.29, 1.82) is 0 Å². The third kappa shape index (κ3) is 3.79. The zero-order chi connectivity index (χ0) is 13.7. The van der Waals surface area contributed by atoms with Crippen molar-refractivity contribution in [1.82, 2.24) is 4.98 Å². The molecular formula is C14H15NO3S. The van der Waals surface area contributed by atoms with Gasteiger partial charge in [-0.15, -0.1) is 11.3 Å². The number of nitrogens with zero attached hydrogens (tertiary/aromatic N) is 1. The Labute approximate surface area is 115 Å². The molecule has 0 saturated heterocycles. The van der Waals surface area contributed by atoms with Gasteiger partial charge in [0.25, 0.3) is 0 Å². The molecule has 100 valence electrons. The highest BCUT2D eigenvalue weighted by atomic mass is 32.1. The monoisotopic (exact) mass is 277 g/mol. The lowest BCUT2D eigenvalue weighted by Gasteiger charge is -2.11. The van der Waals surface area contributed by atoms with Crippen LogP contribution in [0.4, 0.5) is 0 Å². The number of benzene rings is 1. The number of rotatable bonds is 6. The molecule has 0 aliphatic rings. The van der Waals surface area contributed by atoms with Crippen molar-refractivity contribution in [3.05, 3.63) is 46.4 Å². The highest BCUT2D eigenvalue weighted by molar-refractivity contribution is 7.09. The number of methoxy groups -OCH3 is 1. The van der Waals surface area contributed by atoms with Gasteiger partial charge in [0, 0.05) is 18.0 Å². The first-order valence-corrected chi connectivity index (χ1v) is 6.81. The number of hydrogen-bond acceptors (Lipinski definition) is 4. The number of aromatic nitrogens is 1. The topological polar surface area (TPSA) is 59.4 Å². The average Bonchev–Trinajstić information content (AvgIpc) is 2.91. The summed E-state index contributed by atoms with van der Waals surface area (Å²) in [5.41, 5.74) is 0.991. The molecule has 1 atom stereocenters. The highest BCUT2D eigenvalue weighted by Crippen LogP contribution is 2.19. The predicted octanol–water partition coefficient (Wildman–Crippen LogP) is 2.64. The summed E-state index contributed by atoms with van der Waals surface area (Å²) >= 11 is 1.49. The van der Waals surface area contributed by atoms with Crippen molar-refractivity contribution in [2.45, 2.75) is 12.8 Å². The van der Waals surface area contributed by atoms with Gasteiger partial charge in [-0.05, 0) is 24.1 Å². The van der Waals surface area contributed by atoms with Crippen LogP contribution in [-0.4, -0.2) is 23.2 Å². The fourth-order valence-electron chi connectivity index (χ4n) is 1.86. The van der Waals surface area contributed by atoms with E-state index in [2.05, 4.69) is 4.98 Å². The SMILES string of the molecule is COc1ccc(CC(Cc2nccs2)C(=O)O)cc1. The van der Waals surface area contributed by atoms with Crippen molar-refractivity contribution in [2.75, 3.05) is 7.11 Å². The fourth-order valence-corrected chi connectivity index (χ4v) is 2.56. The van der Waals surface area contributed by atoms with E-state index in [9.17, 15) is 9.90 Å². The number of aliphatic carboxylic acids is 1. The Morgan fingerprint density at radius 3 is 2.63 bits per heavy atom. The summed E-state index contributed by atoms with van der Waals surface area (Å²) in [4.78, 5) is 15.4. The molecule has 1 heterocycles. The lowest BCUT2D eigenvalue weighted by atomic mass is 9.96. The first-order valence-electron chi connectivity index (χ1n) is 5.93. The molecule has 0 saturated carbocycles. The maximum atomic E-state index is 11.3. The standard InChI is InChI=1S/C14H15NO3S/c1-18-12-4-2-10(3-5-12)8-11(14(16)17)9-13-15-6-7-19-13/h2-7,11H,8-9H2,1H3,(H,16,17). The molecular weight excluding hydrogens is 262 g/mol.